The zero-order valence-corrected chi connectivity index (χ0v) is 9.43. The van der Waals surface area contributed by atoms with Gasteiger partial charge in [0.1, 0.15) is 0 Å². The molecule has 0 aliphatic rings. The zero-order chi connectivity index (χ0) is 14.2. The molecule has 0 saturated heterocycles. The molecule has 0 aromatic heterocycles. The standard InChI is InChI=1S/C13H8F5N/c14-10-4-1-7(5-11(10)15)9-3-2-8(6-12(9)19)13(16,17)18/h1-6H,19H2. The van der Waals surface area contributed by atoms with Gasteiger partial charge in [0.05, 0.1) is 5.56 Å². The first-order chi connectivity index (χ1) is 8.79. The molecule has 0 fully saturated rings. The molecule has 0 spiro atoms. The first-order valence-electron chi connectivity index (χ1n) is 5.21. The first kappa shape index (κ1) is 13.3. The molecule has 2 aromatic rings. The third kappa shape index (κ3) is 2.67. The van der Waals surface area contributed by atoms with E-state index >= 15 is 0 Å². The van der Waals surface area contributed by atoms with Gasteiger partial charge in [-0.3, -0.25) is 0 Å². The van der Waals surface area contributed by atoms with Crippen molar-refractivity contribution < 1.29 is 22.0 Å². The molecule has 6 heteroatoms. The van der Waals surface area contributed by atoms with Crippen LogP contribution in [0.2, 0.25) is 0 Å². The summed E-state index contributed by atoms with van der Waals surface area (Å²) in [6.07, 6.45) is -4.50. The van der Waals surface area contributed by atoms with Gasteiger partial charge in [0.25, 0.3) is 0 Å². The highest BCUT2D eigenvalue weighted by molar-refractivity contribution is 5.76. The number of halogens is 5. The van der Waals surface area contributed by atoms with Crippen molar-refractivity contribution >= 4 is 5.69 Å². The van der Waals surface area contributed by atoms with Crippen molar-refractivity contribution in [3.63, 3.8) is 0 Å². The van der Waals surface area contributed by atoms with Gasteiger partial charge in [-0.25, -0.2) is 8.78 Å². The number of benzene rings is 2. The fourth-order valence-electron chi connectivity index (χ4n) is 1.67. The normalized spacial score (nSPS) is 11.6. The first-order valence-corrected chi connectivity index (χ1v) is 5.21. The van der Waals surface area contributed by atoms with E-state index in [-0.39, 0.29) is 16.8 Å². The number of nitrogen functional groups attached to an aromatic ring is 1. The van der Waals surface area contributed by atoms with Crippen LogP contribution in [0.4, 0.5) is 27.6 Å². The lowest BCUT2D eigenvalue weighted by Gasteiger charge is -2.11. The van der Waals surface area contributed by atoms with Gasteiger partial charge in [0.15, 0.2) is 11.6 Å². The maximum atomic E-state index is 13.1. The predicted octanol–water partition coefficient (Wildman–Crippen LogP) is 4.23. The van der Waals surface area contributed by atoms with Crippen LogP contribution in [-0.4, -0.2) is 0 Å². The molecule has 0 heterocycles. The van der Waals surface area contributed by atoms with Gasteiger partial charge < -0.3 is 5.73 Å². The second kappa shape index (κ2) is 4.53. The van der Waals surface area contributed by atoms with Crippen LogP contribution in [0.3, 0.4) is 0 Å². The van der Waals surface area contributed by atoms with E-state index in [1.54, 1.807) is 0 Å². The van der Waals surface area contributed by atoms with Crippen molar-refractivity contribution in [2.24, 2.45) is 0 Å². The molecule has 0 radical (unpaired) electrons. The van der Waals surface area contributed by atoms with E-state index in [2.05, 4.69) is 0 Å². The molecule has 19 heavy (non-hydrogen) atoms. The molecule has 0 aliphatic heterocycles. The van der Waals surface area contributed by atoms with Crippen LogP contribution in [-0.2, 0) is 6.18 Å². The molecule has 2 N–H and O–H groups in total. The highest BCUT2D eigenvalue weighted by Gasteiger charge is 2.30. The predicted molar refractivity (Wildman–Crippen MR) is 61.2 cm³/mol. The molecule has 2 rings (SSSR count). The Hall–Kier alpha value is -2.11. The van der Waals surface area contributed by atoms with Crippen molar-refractivity contribution in [3.8, 4) is 11.1 Å². The van der Waals surface area contributed by atoms with Gasteiger partial charge in [-0.15, -0.1) is 0 Å². The molecule has 0 aliphatic carbocycles. The summed E-state index contributed by atoms with van der Waals surface area (Å²) in [6, 6.07) is 5.75. The Labute approximate surface area is 105 Å². The highest BCUT2D eigenvalue weighted by Crippen LogP contribution is 2.34. The lowest BCUT2D eigenvalue weighted by molar-refractivity contribution is -0.137. The van der Waals surface area contributed by atoms with Gasteiger partial charge in [0, 0.05) is 11.3 Å². The smallest absolute Gasteiger partial charge is 0.398 e. The largest absolute Gasteiger partial charge is 0.416 e. The molecule has 0 unspecified atom stereocenters. The molecule has 0 amide bonds. The number of hydrogen-bond acceptors (Lipinski definition) is 1. The second-order valence-electron chi connectivity index (χ2n) is 3.93. The van der Waals surface area contributed by atoms with Crippen LogP contribution in [0, 0.1) is 11.6 Å². The molecular weight excluding hydrogens is 265 g/mol. The minimum Gasteiger partial charge on any atom is -0.398 e. The van der Waals surface area contributed by atoms with Crippen LogP contribution in [0.1, 0.15) is 5.56 Å². The van der Waals surface area contributed by atoms with E-state index in [4.69, 9.17) is 5.73 Å². The monoisotopic (exact) mass is 273 g/mol. The second-order valence-corrected chi connectivity index (χ2v) is 3.93. The Balaban J connectivity index is 2.49. The molecule has 100 valence electrons. The van der Waals surface area contributed by atoms with Crippen LogP contribution in [0.15, 0.2) is 36.4 Å². The Morgan fingerprint density at radius 1 is 0.842 bits per heavy atom. The van der Waals surface area contributed by atoms with Crippen molar-refractivity contribution in [1.29, 1.82) is 0 Å². The quantitative estimate of drug-likeness (QED) is 0.610. The summed E-state index contributed by atoms with van der Waals surface area (Å²) in [5, 5.41) is 0. The summed E-state index contributed by atoms with van der Waals surface area (Å²) in [4.78, 5) is 0. The van der Waals surface area contributed by atoms with Crippen LogP contribution in [0.5, 0.6) is 0 Å². The molecule has 0 atom stereocenters. The van der Waals surface area contributed by atoms with E-state index < -0.39 is 23.4 Å². The Kier molecular flexibility index (Phi) is 3.18. The van der Waals surface area contributed by atoms with Gasteiger partial charge in [-0.05, 0) is 29.8 Å². The fraction of sp³-hybridized carbons (Fsp3) is 0.0769. The number of rotatable bonds is 1. The summed E-state index contributed by atoms with van der Waals surface area (Å²) in [7, 11) is 0. The van der Waals surface area contributed by atoms with Crippen LogP contribution in [0.25, 0.3) is 11.1 Å². The minimum atomic E-state index is -4.50. The van der Waals surface area contributed by atoms with Crippen LogP contribution < -0.4 is 5.73 Å². The lowest BCUT2D eigenvalue weighted by Crippen LogP contribution is -2.06. The van der Waals surface area contributed by atoms with E-state index in [0.717, 1.165) is 30.3 Å². The summed E-state index contributed by atoms with van der Waals surface area (Å²) < 4.78 is 63.2. The maximum Gasteiger partial charge on any atom is 0.416 e. The summed E-state index contributed by atoms with van der Waals surface area (Å²) >= 11 is 0. The summed E-state index contributed by atoms with van der Waals surface area (Å²) in [5.74, 6) is -2.12. The van der Waals surface area contributed by atoms with Crippen molar-refractivity contribution in [1.82, 2.24) is 0 Å². The van der Waals surface area contributed by atoms with Gasteiger partial charge in [-0.1, -0.05) is 12.1 Å². The number of alkyl halides is 3. The van der Waals surface area contributed by atoms with E-state index in [0.29, 0.717) is 0 Å². The SMILES string of the molecule is Nc1cc(C(F)(F)F)ccc1-c1ccc(F)c(F)c1. The molecule has 0 saturated carbocycles. The average Bonchev–Trinajstić information content (AvgIpc) is 2.31. The fourth-order valence-corrected chi connectivity index (χ4v) is 1.67. The van der Waals surface area contributed by atoms with Crippen LogP contribution >= 0.6 is 0 Å². The average molecular weight is 273 g/mol. The van der Waals surface area contributed by atoms with Gasteiger partial charge in [0.2, 0.25) is 0 Å². The van der Waals surface area contributed by atoms with Crippen molar-refractivity contribution in [2.75, 3.05) is 5.73 Å². The van der Waals surface area contributed by atoms with Crippen molar-refractivity contribution in [3.05, 3.63) is 53.6 Å². The minimum absolute atomic E-state index is 0.152. The van der Waals surface area contributed by atoms with Crippen molar-refractivity contribution in [2.45, 2.75) is 6.18 Å². The van der Waals surface area contributed by atoms with E-state index in [1.807, 2.05) is 0 Å². The summed E-state index contributed by atoms with van der Waals surface area (Å²) in [6.45, 7) is 0. The Bertz CT molecular complexity index is 619. The van der Waals surface area contributed by atoms with E-state index in [9.17, 15) is 22.0 Å². The molecule has 2 aromatic carbocycles. The topological polar surface area (TPSA) is 26.0 Å². The third-order valence-corrected chi connectivity index (χ3v) is 2.61. The third-order valence-electron chi connectivity index (χ3n) is 2.61. The summed E-state index contributed by atoms with van der Waals surface area (Å²) in [5.41, 5.74) is 4.91. The zero-order valence-electron chi connectivity index (χ0n) is 9.43. The molecular formula is C13H8F5N. The number of hydrogen-bond donors (Lipinski definition) is 1. The molecule has 1 nitrogen and oxygen atoms in total. The molecule has 0 bridgehead atoms. The lowest BCUT2D eigenvalue weighted by atomic mass is 10.0. The Morgan fingerprint density at radius 3 is 2.05 bits per heavy atom. The Morgan fingerprint density at radius 2 is 1.53 bits per heavy atom. The van der Waals surface area contributed by atoms with E-state index in [1.165, 1.54) is 6.07 Å². The van der Waals surface area contributed by atoms with Gasteiger partial charge >= 0.3 is 6.18 Å². The number of anilines is 1. The van der Waals surface area contributed by atoms with Gasteiger partial charge in [-0.2, -0.15) is 13.2 Å². The highest BCUT2D eigenvalue weighted by atomic mass is 19.4. The number of nitrogens with two attached hydrogens (primary N) is 1. The maximum absolute atomic E-state index is 13.1.